The molecule has 1 fully saturated rings. The molecule has 0 aliphatic carbocycles. The molecule has 0 unspecified atom stereocenters. The maximum absolute atomic E-state index is 11.8. The predicted molar refractivity (Wildman–Crippen MR) is 107 cm³/mol. The van der Waals surface area contributed by atoms with Crippen molar-refractivity contribution in [1.29, 1.82) is 0 Å². The SMILES string of the molecule is CNC(=O)c1ccc(N2CCN(Cc3cccc([N+](=O)[O-])c3)CC2)c([N+](=O)[O-])c1. The molecule has 152 valence electrons. The molecule has 0 radical (unpaired) electrons. The maximum atomic E-state index is 11.8. The van der Waals surface area contributed by atoms with Gasteiger partial charge in [-0.15, -0.1) is 0 Å². The number of anilines is 1. The highest BCUT2D eigenvalue weighted by Gasteiger charge is 2.25. The number of nitro groups is 2. The Kier molecular flexibility index (Phi) is 6.03. The fourth-order valence-electron chi connectivity index (χ4n) is 3.40. The lowest BCUT2D eigenvalue weighted by molar-refractivity contribution is -0.385. The van der Waals surface area contributed by atoms with Crippen molar-refractivity contribution in [2.24, 2.45) is 0 Å². The van der Waals surface area contributed by atoms with Crippen molar-refractivity contribution >= 4 is 23.0 Å². The Morgan fingerprint density at radius 1 is 1.03 bits per heavy atom. The summed E-state index contributed by atoms with van der Waals surface area (Å²) in [7, 11) is 1.47. The van der Waals surface area contributed by atoms with Crippen LogP contribution in [0, 0.1) is 20.2 Å². The van der Waals surface area contributed by atoms with Crippen LogP contribution in [0.4, 0.5) is 17.1 Å². The van der Waals surface area contributed by atoms with Gasteiger partial charge in [-0.3, -0.25) is 29.9 Å². The summed E-state index contributed by atoms with van der Waals surface area (Å²) < 4.78 is 0. The topological polar surface area (TPSA) is 122 Å². The number of carbonyl (C=O) groups is 1. The van der Waals surface area contributed by atoms with Gasteiger partial charge in [0.2, 0.25) is 0 Å². The molecule has 1 amide bonds. The van der Waals surface area contributed by atoms with E-state index >= 15 is 0 Å². The molecule has 29 heavy (non-hydrogen) atoms. The zero-order chi connectivity index (χ0) is 21.0. The number of nitro benzene ring substituents is 2. The molecule has 0 saturated carbocycles. The standard InChI is InChI=1S/C19H21N5O5/c1-20-19(25)15-5-6-17(18(12-15)24(28)29)22-9-7-21(8-10-22)13-14-3-2-4-16(11-14)23(26)27/h2-6,11-12H,7-10,13H2,1H3,(H,20,25). The van der Waals surface area contributed by atoms with Gasteiger partial charge in [-0.2, -0.15) is 0 Å². The highest BCUT2D eigenvalue weighted by atomic mass is 16.6. The number of hydrogen-bond donors (Lipinski definition) is 1. The van der Waals surface area contributed by atoms with E-state index in [2.05, 4.69) is 10.2 Å². The zero-order valence-corrected chi connectivity index (χ0v) is 15.9. The molecule has 10 nitrogen and oxygen atoms in total. The summed E-state index contributed by atoms with van der Waals surface area (Å²) in [6.07, 6.45) is 0. The van der Waals surface area contributed by atoms with E-state index in [0.717, 1.165) is 5.56 Å². The molecule has 2 aromatic rings. The number of rotatable bonds is 6. The molecule has 1 N–H and O–H groups in total. The third-order valence-electron chi connectivity index (χ3n) is 4.90. The summed E-state index contributed by atoms with van der Waals surface area (Å²) in [5.41, 5.74) is 1.55. The fourth-order valence-corrected chi connectivity index (χ4v) is 3.40. The normalized spacial score (nSPS) is 14.4. The van der Waals surface area contributed by atoms with Crippen molar-refractivity contribution in [3.63, 3.8) is 0 Å². The summed E-state index contributed by atoms with van der Waals surface area (Å²) in [6, 6.07) is 11.0. The highest BCUT2D eigenvalue weighted by Crippen LogP contribution is 2.30. The van der Waals surface area contributed by atoms with Crippen molar-refractivity contribution in [1.82, 2.24) is 10.2 Å². The van der Waals surface area contributed by atoms with Gasteiger partial charge in [0.1, 0.15) is 5.69 Å². The minimum Gasteiger partial charge on any atom is -0.363 e. The van der Waals surface area contributed by atoms with Crippen LogP contribution >= 0.6 is 0 Å². The van der Waals surface area contributed by atoms with Crippen LogP contribution in [0.1, 0.15) is 15.9 Å². The molecule has 3 rings (SSSR count). The molecule has 1 heterocycles. The Morgan fingerprint density at radius 2 is 1.76 bits per heavy atom. The lowest BCUT2D eigenvalue weighted by Gasteiger charge is -2.35. The second kappa shape index (κ2) is 8.65. The Hall–Kier alpha value is -3.53. The van der Waals surface area contributed by atoms with Gasteiger partial charge in [0.05, 0.1) is 9.85 Å². The molecule has 1 saturated heterocycles. The van der Waals surface area contributed by atoms with Gasteiger partial charge in [0.15, 0.2) is 0 Å². The van der Waals surface area contributed by atoms with Crippen LogP contribution in [0.25, 0.3) is 0 Å². The van der Waals surface area contributed by atoms with Gasteiger partial charge < -0.3 is 10.2 Å². The van der Waals surface area contributed by atoms with Crippen LogP contribution in [-0.2, 0) is 6.54 Å². The van der Waals surface area contributed by atoms with Crippen molar-refractivity contribution in [2.45, 2.75) is 6.54 Å². The van der Waals surface area contributed by atoms with Crippen LogP contribution in [0.2, 0.25) is 0 Å². The molecule has 1 aliphatic heterocycles. The fraction of sp³-hybridized carbons (Fsp3) is 0.316. The minimum absolute atomic E-state index is 0.0629. The first-order valence-electron chi connectivity index (χ1n) is 9.10. The Labute approximate surface area is 167 Å². The van der Waals surface area contributed by atoms with Crippen molar-refractivity contribution in [3.8, 4) is 0 Å². The second-order valence-corrected chi connectivity index (χ2v) is 6.73. The Bertz CT molecular complexity index is 940. The van der Waals surface area contributed by atoms with Crippen LogP contribution in [0.3, 0.4) is 0 Å². The van der Waals surface area contributed by atoms with Crippen molar-refractivity contribution in [3.05, 3.63) is 73.8 Å². The summed E-state index contributed by atoms with van der Waals surface area (Å²) in [5, 5.41) is 24.9. The smallest absolute Gasteiger partial charge is 0.293 e. The predicted octanol–water partition coefficient (Wildman–Crippen LogP) is 2.18. The van der Waals surface area contributed by atoms with Crippen LogP contribution in [0.15, 0.2) is 42.5 Å². The molecule has 0 aromatic heterocycles. The number of hydrogen-bond acceptors (Lipinski definition) is 7. The van der Waals surface area contributed by atoms with E-state index in [1.807, 2.05) is 11.0 Å². The molecule has 10 heteroatoms. The lowest BCUT2D eigenvalue weighted by atomic mass is 10.1. The number of nitrogens with one attached hydrogen (secondary N) is 1. The summed E-state index contributed by atoms with van der Waals surface area (Å²) in [6.45, 7) is 3.06. The molecular formula is C19H21N5O5. The number of carbonyl (C=O) groups excluding carboxylic acids is 1. The first kappa shape index (κ1) is 20.2. The van der Waals surface area contributed by atoms with E-state index in [4.69, 9.17) is 0 Å². The molecule has 0 spiro atoms. The van der Waals surface area contributed by atoms with Crippen LogP contribution in [-0.4, -0.2) is 53.9 Å². The Balaban J connectivity index is 1.69. The van der Waals surface area contributed by atoms with Crippen LogP contribution in [0.5, 0.6) is 0 Å². The third kappa shape index (κ3) is 4.66. The van der Waals surface area contributed by atoms with Gasteiger partial charge in [0, 0.05) is 63.5 Å². The van der Waals surface area contributed by atoms with E-state index < -0.39 is 9.85 Å². The molecule has 1 aliphatic rings. The van der Waals surface area contributed by atoms with Gasteiger partial charge in [-0.05, 0) is 17.7 Å². The molecule has 2 aromatic carbocycles. The molecule has 0 bridgehead atoms. The third-order valence-corrected chi connectivity index (χ3v) is 4.90. The average Bonchev–Trinajstić information content (AvgIpc) is 2.73. The van der Waals surface area contributed by atoms with Crippen LogP contribution < -0.4 is 10.2 Å². The van der Waals surface area contributed by atoms with E-state index in [1.165, 1.54) is 19.2 Å². The largest absolute Gasteiger partial charge is 0.363 e. The number of non-ortho nitro benzene ring substituents is 1. The monoisotopic (exact) mass is 399 g/mol. The zero-order valence-electron chi connectivity index (χ0n) is 15.9. The summed E-state index contributed by atoms with van der Waals surface area (Å²) in [5.74, 6) is -0.374. The number of benzene rings is 2. The van der Waals surface area contributed by atoms with Crippen molar-refractivity contribution in [2.75, 3.05) is 38.1 Å². The minimum atomic E-state index is -0.475. The average molecular weight is 399 g/mol. The number of nitrogens with zero attached hydrogens (tertiary/aromatic N) is 4. The first-order valence-corrected chi connectivity index (χ1v) is 9.10. The van der Waals surface area contributed by atoms with Gasteiger partial charge in [0.25, 0.3) is 17.3 Å². The quantitative estimate of drug-likeness (QED) is 0.583. The van der Waals surface area contributed by atoms with Crippen molar-refractivity contribution < 1.29 is 14.6 Å². The maximum Gasteiger partial charge on any atom is 0.293 e. The lowest BCUT2D eigenvalue weighted by Crippen LogP contribution is -2.46. The second-order valence-electron chi connectivity index (χ2n) is 6.73. The first-order chi connectivity index (χ1) is 13.9. The van der Waals surface area contributed by atoms with Gasteiger partial charge in [-0.1, -0.05) is 12.1 Å². The summed E-state index contributed by atoms with van der Waals surface area (Å²) in [4.78, 5) is 37.4. The van der Waals surface area contributed by atoms with Gasteiger partial charge >= 0.3 is 0 Å². The van der Waals surface area contributed by atoms with Gasteiger partial charge in [-0.25, -0.2) is 0 Å². The molecule has 0 atom stereocenters. The number of amides is 1. The molecular weight excluding hydrogens is 378 g/mol. The Morgan fingerprint density at radius 3 is 2.38 bits per heavy atom. The number of piperazine rings is 1. The van der Waals surface area contributed by atoms with E-state index in [-0.39, 0.29) is 22.8 Å². The van der Waals surface area contributed by atoms with E-state index in [0.29, 0.717) is 38.4 Å². The highest BCUT2D eigenvalue weighted by molar-refractivity contribution is 5.95. The van der Waals surface area contributed by atoms with E-state index in [1.54, 1.807) is 24.3 Å². The van der Waals surface area contributed by atoms with E-state index in [9.17, 15) is 25.0 Å². The summed E-state index contributed by atoms with van der Waals surface area (Å²) >= 11 is 0.